The second-order valence-electron chi connectivity index (χ2n) is 4.37. The lowest BCUT2D eigenvalue weighted by Gasteiger charge is -2.27. The van der Waals surface area contributed by atoms with Crippen molar-refractivity contribution in [3.05, 3.63) is 0 Å². The Balaban J connectivity index is 2.20. The van der Waals surface area contributed by atoms with Gasteiger partial charge in [-0.15, -0.1) is 0 Å². The van der Waals surface area contributed by atoms with Crippen LogP contribution in [0.25, 0.3) is 0 Å². The van der Waals surface area contributed by atoms with Crippen LogP contribution in [-0.4, -0.2) is 23.3 Å². The molecule has 0 heterocycles. The lowest BCUT2D eigenvalue weighted by molar-refractivity contribution is 0.186. The molecule has 1 saturated carbocycles. The van der Waals surface area contributed by atoms with Gasteiger partial charge >= 0.3 is 6.09 Å². The molecular weight excluding hydrogens is 180 g/mol. The second kappa shape index (κ2) is 5.20. The van der Waals surface area contributed by atoms with Gasteiger partial charge in [0, 0.05) is 12.1 Å². The first-order valence-electron chi connectivity index (χ1n) is 5.33. The molecule has 1 aliphatic carbocycles. The lowest BCUT2D eigenvalue weighted by atomic mass is 9.83. The van der Waals surface area contributed by atoms with Gasteiger partial charge in [-0.1, -0.05) is 0 Å². The van der Waals surface area contributed by atoms with Crippen molar-refractivity contribution in [2.75, 3.05) is 0 Å². The van der Waals surface area contributed by atoms with Crippen LogP contribution < -0.4 is 11.1 Å². The van der Waals surface area contributed by atoms with Gasteiger partial charge in [-0.25, -0.2) is 4.79 Å². The van der Waals surface area contributed by atoms with Crippen LogP contribution in [-0.2, 0) is 0 Å². The molecule has 14 heavy (non-hydrogen) atoms. The maximum atomic E-state index is 10.4. The number of hydrogen-bond donors (Lipinski definition) is 3. The molecular formula is C10H20N2O2. The standard InChI is InChI=1S/C10H20N2O2/c1-7(12-10(13)14)6-8-2-4-9(11)5-3-8/h7-9,12H,2-6,11H2,1H3,(H,13,14). The van der Waals surface area contributed by atoms with Gasteiger partial charge in [-0.3, -0.25) is 0 Å². The van der Waals surface area contributed by atoms with Crippen LogP contribution in [0.5, 0.6) is 0 Å². The normalized spacial score (nSPS) is 29.6. The highest BCUT2D eigenvalue weighted by Crippen LogP contribution is 2.26. The zero-order valence-corrected chi connectivity index (χ0v) is 8.70. The minimum absolute atomic E-state index is 0.0619. The molecule has 0 aromatic carbocycles. The van der Waals surface area contributed by atoms with E-state index in [1.165, 1.54) is 0 Å². The van der Waals surface area contributed by atoms with Gasteiger partial charge in [0.2, 0.25) is 0 Å². The zero-order chi connectivity index (χ0) is 10.6. The first-order valence-corrected chi connectivity index (χ1v) is 5.33. The quantitative estimate of drug-likeness (QED) is 0.647. The van der Waals surface area contributed by atoms with Crippen molar-refractivity contribution in [2.45, 2.75) is 51.1 Å². The number of carbonyl (C=O) groups is 1. The van der Waals surface area contributed by atoms with Gasteiger partial charge in [-0.05, 0) is 44.9 Å². The molecule has 0 aromatic heterocycles. The third-order valence-corrected chi connectivity index (χ3v) is 2.95. The highest BCUT2D eigenvalue weighted by molar-refractivity contribution is 5.64. The average Bonchev–Trinajstić information content (AvgIpc) is 2.07. The summed E-state index contributed by atoms with van der Waals surface area (Å²) in [5.41, 5.74) is 5.80. The zero-order valence-electron chi connectivity index (χ0n) is 8.70. The van der Waals surface area contributed by atoms with E-state index in [0.717, 1.165) is 32.1 Å². The summed E-state index contributed by atoms with van der Waals surface area (Å²) in [5.74, 6) is 0.650. The summed E-state index contributed by atoms with van der Waals surface area (Å²) in [6.07, 6.45) is 4.48. The van der Waals surface area contributed by atoms with E-state index in [2.05, 4.69) is 5.32 Å². The predicted molar refractivity (Wildman–Crippen MR) is 55.2 cm³/mol. The number of hydrogen-bond acceptors (Lipinski definition) is 2. The van der Waals surface area contributed by atoms with E-state index in [0.29, 0.717) is 12.0 Å². The fraction of sp³-hybridized carbons (Fsp3) is 0.900. The molecule has 0 radical (unpaired) electrons. The Morgan fingerprint density at radius 1 is 1.50 bits per heavy atom. The first kappa shape index (κ1) is 11.3. The molecule has 1 aliphatic rings. The fourth-order valence-corrected chi connectivity index (χ4v) is 2.19. The van der Waals surface area contributed by atoms with Crippen LogP contribution in [0.2, 0.25) is 0 Å². The minimum Gasteiger partial charge on any atom is -0.465 e. The van der Waals surface area contributed by atoms with Crippen molar-refractivity contribution in [3.8, 4) is 0 Å². The molecule has 4 heteroatoms. The van der Waals surface area contributed by atoms with Gasteiger partial charge in [0.1, 0.15) is 0 Å². The number of rotatable bonds is 3. The van der Waals surface area contributed by atoms with Crippen molar-refractivity contribution < 1.29 is 9.90 Å². The average molecular weight is 200 g/mol. The van der Waals surface area contributed by atoms with E-state index in [1.807, 2.05) is 6.92 Å². The third kappa shape index (κ3) is 3.96. The highest BCUT2D eigenvalue weighted by Gasteiger charge is 2.20. The van der Waals surface area contributed by atoms with Crippen LogP contribution in [0.15, 0.2) is 0 Å². The van der Waals surface area contributed by atoms with E-state index in [4.69, 9.17) is 10.8 Å². The maximum Gasteiger partial charge on any atom is 0.404 e. The predicted octanol–water partition coefficient (Wildman–Crippen LogP) is 1.55. The molecule has 4 N–H and O–H groups in total. The topological polar surface area (TPSA) is 75.3 Å². The minimum atomic E-state index is -0.926. The molecule has 0 spiro atoms. The number of nitrogens with two attached hydrogens (primary N) is 1. The Labute approximate surface area is 84.9 Å². The van der Waals surface area contributed by atoms with Crippen molar-refractivity contribution >= 4 is 6.09 Å². The van der Waals surface area contributed by atoms with Crippen LogP contribution >= 0.6 is 0 Å². The molecule has 1 fully saturated rings. The Morgan fingerprint density at radius 3 is 2.57 bits per heavy atom. The molecule has 1 unspecified atom stereocenters. The molecule has 4 nitrogen and oxygen atoms in total. The highest BCUT2D eigenvalue weighted by atomic mass is 16.4. The summed E-state index contributed by atoms with van der Waals surface area (Å²) >= 11 is 0. The molecule has 0 saturated heterocycles. The Bertz CT molecular complexity index is 189. The Morgan fingerprint density at radius 2 is 2.07 bits per heavy atom. The maximum absolute atomic E-state index is 10.4. The molecule has 0 bridgehead atoms. The van der Waals surface area contributed by atoms with Crippen LogP contribution in [0.1, 0.15) is 39.0 Å². The Hall–Kier alpha value is -0.770. The second-order valence-corrected chi connectivity index (χ2v) is 4.37. The van der Waals surface area contributed by atoms with E-state index in [-0.39, 0.29) is 6.04 Å². The lowest BCUT2D eigenvalue weighted by Crippen LogP contribution is -2.34. The summed E-state index contributed by atoms with van der Waals surface area (Å²) in [7, 11) is 0. The molecule has 0 aromatic rings. The van der Waals surface area contributed by atoms with Crippen LogP contribution in [0, 0.1) is 5.92 Å². The first-order chi connectivity index (χ1) is 6.58. The van der Waals surface area contributed by atoms with E-state index in [1.54, 1.807) is 0 Å². The van der Waals surface area contributed by atoms with Gasteiger partial charge in [0.25, 0.3) is 0 Å². The van der Waals surface area contributed by atoms with Gasteiger partial charge in [-0.2, -0.15) is 0 Å². The van der Waals surface area contributed by atoms with Crippen molar-refractivity contribution in [1.29, 1.82) is 0 Å². The smallest absolute Gasteiger partial charge is 0.404 e. The van der Waals surface area contributed by atoms with Gasteiger partial charge in [0.15, 0.2) is 0 Å². The summed E-state index contributed by atoms with van der Waals surface area (Å²) < 4.78 is 0. The van der Waals surface area contributed by atoms with Crippen molar-refractivity contribution in [2.24, 2.45) is 11.7 Å². The summed E-state index contributed by atoms with van der Waals surface area (Å²) in [6, 6.07) is 0.431. The number of amides is 1. The van der Waals surface area contributed by atoms with E-state index in [9.17, 15) is 4.79 Å². The van der Waals surface area contributed by atoms with Gasteiger partial charge in [0.05, 0.1) is 0 Å². The van der Waals surface area contributed by atoms with Gasteiger partial charge < -0.3 is 16.2 Å². The molecule has 1 atom stereocenters. The summed E-state index contributed by atoms with van der Waals surface area (Å²) in [5, 5.41) is 11.0. The van der Waals surface area contributed by atoms with Crippen LogP contribution in [0.4, 0.5) is 4.79 Å². The molecule has 82 valence electrons. The molecule has 1 amide bonds. The number of carboxylic acid groups (broad SMARTS) is 1. The fourth-order valence-electron chi connectivity index (χ4n) is 2.19. The monoisotopic (exact) mass is 200 g/mol. The number of nitrogens with one attached hydrogen (secondary N) is 1. The van der Waals surface area contributed by atoms with E-state index >= 15 is 0 Å². The molecule has 0 aliphatic heterocycles. The largest absolute Gasteiger partial charge is 0.465 e. The van der Waals surface area contributed by atoms with Crippen molar-refractivity contribution in [1.82, 2.24) is 5.32 Å². The third-order valence-electron chi connectivity index (χ3n) is 2.95. The molecule has 1 rings (SSSR count). The summed E-state index contributed by atoms with van der Waals surface area (Å²) in [6.45, 7) is 1.92. The Kier molecular flexibility index (Phi) is 4.20. The SMILES string of the molecule is CC(CC1CCC(N)CC1)NC(=O)O. The summed E-state index contributed by atoms with van der Waals surface area (Å²) in [4.78, 5) is 10.4. The van der Waals surface area contributed by atoms with Crippen LogP contribution in [0.3, 0.4) is 0 Å². The van der Waals surface area contributed by atoms with Crippen molar-refractivity contribution in [3.63, 3.8) is 0 Å². The van der Waals surface area contributed by atoms with E-state index < -0.39 is 6.09 Å².